The van der Waals surface area contributed by atoms with E-state index < -0.39 is 22.2 Å². The molecule has 1 heterocycles. The summed E-state index contributed by atoms with van der Waals surface area (Å²) in [4.78, 5) is 23.4. The molecule has 1 N–H and O–H groups in total. The number of methoxy groups -OCH3 is 1. The molecule has 1 atom stereocenters. The van der Waals surface area contributed by atoms with Crippen LogP contribution < -0.4 is 14.8 Å². The molecule has 0 bridgehead atoms. The number of nitrogens with one attached hydrogen (secondary N) is 1. The molecule has 29 heavy (non-hydrogen) atoms. The van der Waals surface area contributed by atoms with Gasteiger partial charge in [-0.3, -0.25) is 14.9 Å². The fourth-order valence-corrected chi connectivity index (χ4v) is 3.88. The number of hydrogen-bond acceptors (Lipinski definition) is 5. The SMILES string of the molecule is CCc1c(OC)ccc(CC2SC(=O)NC2=O)c1Oc1ccc(C(F)(F)F)cc1. The zero-order chi connectivity index (χ0) is 21.2. The Morgan fingerprint density at radius 1 is 1.10 bits per heavy atom. The Bertz CT molecular complexity index is 929. The van der Waals surface area contributed by atoms with Crippen molar-refractivity contribution < 1.29 is 32.2 Å². The zero-order valence-corrected chi connectivity index (χ0v) is 16.4. The minimum absolute atomic E-state index is 0.224. The monoisotopic (exact) mass is 425 g/mol. The Morgan fingerprint density at radius 2 is 1.79 bits per heavy atom. The highest BCUT2D eigenvalue weighted by atomic mass is 32.2. The summed E-state index contributed by atoms with van der Waals surface area (Å²) in [6.45, 7) is 1.89. The summed E-state index contributed by atoms with van der Waals surface area (Å²) in [5.41, 5.74) is 0.605. The van der Waals surface area contributed by atoms with Gasteiger partial charge < -0.3 is 9.47 Å². The molecule has 0 spiro atoms. The number of carbonyl (C=O) groups is 2. The first-order valence-corrected chi connectivity index (χ1v) is 9.66. The van der Waals surface area contributed by atoms with Gasteiger partial charge in [0.1, 0.15) is 17.2 Å². The summed E-state index contributed by atoms with van der Waals surface area (Å²) in [7, 11) is 1.51. The Kier molecular flexibility index (Phi) is 6.07. The van der Waals surface area contributed by atoms with Crippen molar-refractivity contribution in [3.63, 3.8) is 0 Å². The lowest BCUT2D eigenvalue weighted by molar-refractivity contribution is -0.137. The molecule has 1 aliphatic rings. The van der Waals surface area contributed by atoms with E-state index in [2.05, 4.69) is 5.32 Å². The predicted molar refractivity (Wildman–Crippen MR) is 103 cm³/mol. The second kappa shape index (κ2) is 8.36. The van der Waals surface area contributed by atoms with Gasteiger partial charge in [0.2, 0.25) is 5.91 Å². The number of amides is 2. The van der Waals surface area contributed by atoms with E-state index in [0.29, 0.717) is 23.5 Å². The number of carbonyl (C=O) groups excluding carboxylic acids is 2. The van der Waals surface area contributed by atoms with Gasteiger partial charge >= 0.3 is 6.18 Å². The molecule has 2 amide bonds. The number of imide groups is 1. The summed E-state index contributed by atoms with van der Waals surface area (Å²) >= 11 is 0.900. The molecule has 1 aliphatic heterocycles. The van der Waals surface area contributed by atoms with Crippen LogP contribution in [-0.2, 0) is 23.8 Å². The van der Waals surface area contributed by atoms with Crippen LogP contribution in [0, 0.1) is 0 Å². The Balaban J connectivity index is 1.96. The Morgan fingerprint density at radius 3 is 2.31 bits per heavy atom. The highest BCUT2D eigenvalue weighted by molar-refractivity contribution is 8.15. The maximum Gasteiger partial charge on any atom is 0.416 e. The largest absolute Gasteiger partial charge is 0.496 e. The molecule has 0 aromatic heterocycles. The summed E-state index contributed by atoms with van der Waals surface area (Å²) in [6, 6.07) is 7.85. The molecule has 0 radical (unpaired) electrons. The lowest BCUT2D eigenvalue weighted by Gasteiger charge is -2.19. The number of rotatable bonds is 6. The average Bonchev–Trinajstić information content (AvgIpc) is 2.99. The molecule has 2 aromatic carbocycles. The predicted octanol–water partition coefficient (Wildman–Crippen LogP) is 4.96. The van der Waals surface area contributed by atoms with Crippen molar-refractivity contribution >= 4 is 22.9 Å². The van der Waals surface area contributed by atoms with Crippen molar-refractivity contribution in [2.45, 2.75) is 31.2 Å². The number of ether oxygens (including phenoxy) is 2. The van der Waals surface area contributed by atoms with Crippen molar-refractivity contribution in [2.75, 3.05) is 7.11 Å². The first kappa shape index (κ1) is 21.0. The maximum absolute atomic E-state index is 12.8. The van der Waals surface area contributed by atoms with E-state index in [1.807, 2.05) is 6.92 Å². The van der Waals surface area contributed by atoms with Crippen LogP contribution in [0.1, 0.15) is 23.6 Å². The van der Waals surface area contributed by atoms with E-state index in [4.69, 9.17) is 9.47 Å². The summed E-state index contributed by atoms with van der Waals surface area (Å²) < 4.78 is 49.7. The number of benzene rings is 2. The molecule has 3 rings (SSSR count). The van der Waals surface area contributed by atoms with E-state index in [-0.39, 0.29) is 18.1 Å². The topological polar surface area (TPSA) is 64.6 Å². The number of hydrogen-bond donors (Lipinski definition) is 1. The molecule has 0 saturated carbocycles. The fraction of sp³-hybridized carbons (Fsp3) is 0.300. The Hall–Kier alpha value is -2.68. The van der Waals surface area contributed by atoms with Crippen LogP contribution in [0.15, 0.2) is 36.4 Å². The van der Waals surface area contributed by atoms with Gasteiger partial charge in [0.25, 0.3) is 5.24 Å². The van der Waals surface area contributed by atoms with E-state index in [1.54, 1.807) is 12.1 Å². The number of halogens is 3. The van der Waals surface area contributed by atoms with Gasteiger partial charge in [-0.15, -0.1) is 0 Å². The van der Waals surface area contributed by atoms with Gasteiger partial charge in [-0.1, -0.05) is 24.8 Å². The highest BCUT2D eigenvalue weighted by Gasteiger charge is 2.33. The molecular formula is C20H18F3NO4S. The van der Waals surface area contributed by atoms with Gasteiger partial charge in [0.15, 0.2) is 0 Å². The lowest BCUT2D eigenvalue weighted by Crippen LogP contribution is -2.25. The van der Waals surface area contributed by atoms with Crippen LogP contribution in [0.5, 0.6) is 17.2 Å². The van der Waals surface area contributed by atoms with E-state index in [9.17, 15) is 22.8 Å². The minimum atomic E-state index is -4.44. The third-order valence-corrected chi connectivity index (χ3v) is 5.43. The number of alkyl halides is 3. The summed E-state index contributed by atoms with van der Waals surface area (Å²) in [5.74, 6) is 0.827. The van der Waals surface area contributed by atoms with Crippen molar-refractivity contribution in [1.82, 2.24) is 5.32 Å². The van der Waals surface area contributed by atoms with Crippen molar-refractivity contribution in [1.29, 1.82) is 0 Å². The van der Waals surface area contributed by atoms with E-state index in [0.717, 1.165) is 29.5 Å². The quantitative estimate of drug-likeness (QED) is 0.709. The standard InChI is InChI=1S/C20H18F3NO4S/c1-3-14-15(27-2)9-4-11(10-16-18(25)24-19(26)29-16)17(14)28-13-7-5-12(6-8-13)20(21,22)23/h4-9,16H,3,10H2,1-2H3,(H,24,25,26). The zero-order valence-electron chi connectivity index (χ0n) is 15.6. The molecule has 0 aliphatic carbocycles. The summed E-state index contributed by atoms with van der Waals surface area (Å²) in [5, 5.41) is 1.23. The normalized spacial score (nSPS) is 16.7. The van der Waals surface area contributed by atoms with Gasteiger partial charge in [-0.2, -0.15) is 13.2 Å². The van der Waals surface area contributed by atoms with Crippen LogP contribution in [-0.4, -0.2) is 23.5 Å². The van der Waals surface area contributed by atoms with Gasteiger partial charge in [-0.25, -0.2) is 0 Å². The van der Waals surface area contributed by atoms with Gasteiger partial charge in [0, 0.05) is 5.56 Å². The maximum atomic E-state index is 12.8. The van der Waals surface area contributed by atoms with Crippen molar-refractivity contribution in [3.8, 4) is 17.2 Å². The molecular weight excluding hydrogens is 407 g/mol. The Labute approximate surface area is 169 Å². The first-order chi connectivity index (χ1) is 13.7. The van der Waals surface area contributed by atoms with Crippen molar-refractivity contribution in [2.24, 2.45) is 0 Å². The van der Waals surface area contributed by atoms with Crippen LogP contribution in [0.4, 0.5) is 18.0 Å². The van der Waals surface area contributed by atoms with E-state index in [1.165, 1.54) is 19.2 Å². The van der Waals surface area contributed by atoms with Crippen LogP contribution in [0.25, 0.3) is 0 Å². The minimum Gasteiger partial charge on any atom is -0.496 e. The third-order valence-electron chi connectivity index (χ3n) is 4.45. The summed E-state index contributed by atoms with van der Waals surface area (Å²) in [6.07, 6.45) is -3.67. The molecule has 1 saturated heterocycles. The number of thioether (sulfide) groups is 1. The molecule has 2 aromatic rings. The van der Waals surface area contributed by atoms with Gasteiger partial charge in [0.05, 0.1) is 17.9 Å². The third kappa shape index (κ3) is 4.67. The molecule has 154 valence electrons. The molecule has 9 heteroatoms. The molecule has 1 unspecified atom stereocenters. The van der Waals surface area contributed by atoms with Crippen LogP contribution in [0.3, 0.4) is 0 Å². The highest BCUT2D eigenvalue weighted by Crippen LogP contribution is 2.39. The van der Waals surface area contributed by atoms with E-state index >= 15 is 0 Å². The second-order valence-corrected chi connectivity index (χ2v) is 7.48. The second-order valence-electron chi connectivity index (χ2n) is 6.30. The van der Waals surface area contributed by atoms with Crippen LogP contribution in [0.2, 0.25) is 0 Å². The van der Waals surface area contributed by atoms with Gasteiger partial charge in [-0.05, 0) is 48.7 Å². The average molecular weight is 425 g/mol. The molecule has 1 fully saturated rings. The van der Waals surface area contributed by atoms with Crippen LogP contribution >= 0.6 is 11.8 Å². The smallest absolute Gasteiger partial charge is 0.416 e. The van der Waals surface area contributed by atoms with Crippen molar-refractivity contribution in [3.05, 3.63) is 53.1 Å². The fourth-order valence-electron chi connectivity index (χ4n) is 3.03. The molecule has 5 nitrogen and oxygen atoms in total. The lowest BCUT2D eigenvalue weighted by atomic mass is 10.0. The first-order valence-electron chi connectivity index (χ1n) is 8.78.